The van der Waals surface area contributed by atoms with Gasteiger partial charge in [-0.15, -0.1) is 11.3 Å². The van der Waals surface area contributed by atoms with E-state index in [4.69, 9.17) is 5.73 Å². The van der Waals surface area contributed by atoms with Crippen molar-refractivity contribution in [2.24, 2.45) is 11.7 Å². The van der Waals surface area contributed by atoms with Crippen LogP contribution in [0.25, 0.3) is 0 Å². The van der Waals surface area contributed by atoms with Crippen LogP contribution in [0.1, 0.15) is 12.8 Å². The van der Waals surface area contributed by atoms with Gasteiger partial charge in [0.2, 0.25) is 5.91 Å². The summed E-state index contributed by atoms with van der Waals surface area (Å²) in [7, 11) is -3.64. The van der Waals surface area contributed by atoms with Crippen molar-refractivity contribution in [3.05, 3.63) is 15.9 Å². The van der Waals surface area contributed by atoms with Gasteiger partial charge in [0.05, 0.1) is 10.3 Å². The van der Waals surface area contributed by atoms with E-state index in [9.17, 15) is 13.2 Å². The van der Waals surface area contributed by atoms with Gasteiger partial charge in [-0.25, -0.2) is 13.1 Å². The molecule has 1 heterocycles. The lowest BCUT2D eigenvalue weighted by Crippen LogP contribution is -2.46. The van der Waals surface area contributed by atoms with Crippen LogP contribution in [0.5, 0.6) is 0 Å². The fraction of sp³-hybridized carbons (Fsp3) is 0.545. The van der Waals surface area contributed by atoms with Crippen molar-refractivity contribution in [3.8, 4) is 0 Å². The van der Waals surface area contributed by atoms with E-state index in [1.165, 1.54) is 6.07 Å². The van der Waals surface area contributed by atoms with Crippen LogP contribution in [0.2, 0.25) is 0 Å². The molecule has 4 N–H and O–H groups in total. The zero-order valence-corrected chi connectivity index (χ0v) is 13.9. The molecule has 1 amide bonds. The van der Waals surface area contributed by atoms with Gasteiger partial charge in [-0.05, 0) is 46.8 Å². The number of hydrogen-bond donors (Lipinski definition) is 3. The van der Waals surface area contributed by atoms with Crippen LogP contribution in [-0.2, 0) is 14.8 Å². The number of carbonyl (C=O) groups is 1. The van der Waals surface area contributed by atoms with E-state index in [0.29, 0.717) is 12.5 Å². The topological polar surface area (TPSA) is 101 Å². The lowest BCUT2D eigenvalue weighted by molar-refractivity contribution is -0.120. The van der Waals surface area contributed by atoms with Crippen LogP contribution in [0.4, 0.5) is 0 Å². The molecule has 0 saturated heterocycles. The first kappa shape index (κ1) is 15.9. The van der Waals surface area contributed by atoms with Gasteiger partial charge in [-0.3, -0.25) is 4.79 Å². The molecule has 1 aromatic heterocycles. The van der Waals surface area contributed by atoms with Crippen LogP contribution in [-0.4, -0.2) is 33.5 Å². The third kappa shape index (κ3) is 4.26. The summed E-state index contributed by atoms with van der Waals surface area (Å²) in [5, 5.41) is 2.76. The van der Waals surface area contributed by atoms with Crippen molar-refractivity contribution >= 4 is 43.2 Å². The number of thiophene rings is 1. The minimum absolute atomic E-state index is 0.0529. The van der Waals surface area contributed by atoms with Crippen LogP contribution in [0, 0.1) is 5.92 Å². The molecule has 1 aliphatic rings. The van der Waals surface area contributed by atoms with Gasteiger partial charge in [0.1, 0.15) is 4.21 Å². The Labute approximate surface area is 130 Å². The van der Waals surface area contributed by atoms with Crippen molar-refractivity contribution in [1.29, 1.82) is 0 Å². The maximum atomic E-state index is 11.9. The average Bonchev–Trinajstić information content (AvgIpc) is 3.15. The summed E-state index contributed by atoms with van der Waals surface area (Å²) in [6, 6.07) is 3.08. The van der Waals surface area contributed by atoms with Crippen LogP contribution in [0.15, 0.2) is 20.1 Å². The van der Waals surface area contributed by atoms with Gasteiger partial charge in [0.25, 0.3) is 10.0 Å². The summed E-state index contributed by atoms with van der Waals surface area (Å²) in [5.41, 5.74) is 5.58. The molecule has 6 nitrogen and oxygen atoms in total. The normalized spacial score (nSPS) is 16.9. The monoisotopic (exact) mass is 381 g/mol. The third-order valence-electron chi connectivity index (χ3n) is 3.03. The van der Waals surface area contributed by atoms with Gasteiger partial charge in [0, 0.05) is 12.6 Å². The fourth-order valence-corrected chi connectivity index (χ4v) is 4.84. The molecule has 0 aromatic carbocycles. The lowest BCUT2D eigenvalue weighted by Gasteiger charge is -2.16. The van der Waals surface area contributed by atoms with E-state index in [1.807, 2.05) is 0 Å². The molecule has 1 fully saturated rings. The molecule has 1 unspecified atom stereocenters. The van der Waals surface area contributed by atoms with Crippen molar-refractivity contribution < 1.29 is 13.2 Å². The second-order valence-corrected chi connectivity index (χ2v) is 9.09. The van der Waals surface area contributed by atoms with E-state index >= 15 is 0 Å². The molecular formula is C11H16BrN3O3S2. The zero-order chi connectivity index (χ0) is 14.8. The maximum absolute atomic E-state index is 11.9. The first-order valence-electron chi connectivity index (χ1n) is 6.17. The molecule has 1 aromatic rings. The Morgan fingerprint density at radius 3 is 2.70 bits per heavy atom. The molecule has 9 heteroatoms. The highest BCUT2D eigenvalue weighted by Crippen LogP contribution is 2.32. The summed E-state index contributed by atoms with van der Waals surface area (Å²) in [4.78, 5) is 11.7. The molecule has 112 valence electrons. The quantitative estimate of drug-likeness (QED) is 0.644. The standard InChI is InChI=1S/C11H16BrN3O3S2/c12-9-3-4-11(19-9)20(17,18)14-6-10(16)15-8(5-13)7-1-2-7/h3-4,7-8,14H,1-2,5-6,13H2,(H,15,16). The van der Waals surface area contributed by atoms with Crippen molar-refractivity contribution in [1.82, 2.24) is 10.0 Å². The van der Waals surface area contributed by atoms with Gasteiger partial charge in [0.15, 0.2) is 0 Å². The van der Waals surface area contributed by atoms with Gasteiger partial charge < -0.3 is 11.1 Å². The van der Waals surface area contributed by atoms with Crippen LogP contribution >= 0.6 is 27.3 Å². The summed E-state index contributed by atoms with van der Waals surface area (Å²) in [6.45, 7) is 0.0993. The smallest absolute Gasteiger partial charge is 0.250 e. The molecule has 0 bridgehead atoms. The predicted molar refractivity (Wildman–Crippen MR) is 80.9 cm³/mol. The molecule has 1 atom stereocenters. The Hall–Kier alpha value is -0.480. The second-order valence-electron chi connectivity index (χ2n) is 4.63. The Morgan fingerprint density at radius 2 is 2.20 bits per heavy atom. The van der Waals surface area contributed by atoms with Gasteiger partial charge in [-0.2, -0.15) is 0 Å². The van der Waals surface area contributed by atoms with Gasteiger partial charge >= 0.3 is 0 Å². The highest BCUT2D eigenvalue weighted by Gasteiger charge is 2.31. The fourth-order valence-electron chi connectivity index (χ4n) is 1.80. The zero-order valence-electron chi connectivity index (χ0n) is 10.6. The third-order valence-corrected chi connectivity index (χ3v) is 6.54. The Morgan fingerprint density at radius 1 is 1.50 bits per heavy atom. The first-order chi connectivity index (χ1) is 9.42. The number of halogens is 1. The maximum Gasteiger partial charge on any atom is 0.250 e. The van der Waals surface area contributed by atoms with Crippen LogP contribution < -0.4 is 15.8 Å². The molecule has 1 saturated carbocycles. The largest absolute Gasteiger partial charge is 0.351 e. The molecule has 2 rings (SSSR count). The Balaban J connectivity index is 1.86. The molecule has 1 aliphatic carbocycles. The van der Waals surface area contributed by atoms with Crippen molar-refractivity contribution in [2.75, 3.05) is 13.1 Å². The number of sulfonamides is 1. The molecule has 0 aliphatic heterocycles. The number of amides is 1. The molecular weight excluding hydrogens is 366 g/mol. The Bertz CT molecular complexity index is 583. The summed E-state index contributed by atoms with van der Waals surface area (Å²) < 4.78 is 27.0. The highest BCUT2D eigenvalue weighted by molar-refractivity contribution is 9.11. The van der Waals surface area contributed by atoms with Gasteiger partial charge in [-0.1, -0.05) is 0 Å². The first-order valence-corrected chi connectivity index (χ1v) is 9.26. The SMILES string of the molecule is NCC(NC(=O)CNS(=O)(=O)c1ccc(Br)s1)C1CC1. The number of hydrogen-bond acceptors (Lipinski definition) is 5. The van der Waals surface area contributed by atoms with Crippen molar-refractivity contribution in [2.45, 2.75) is 23.1 Å². The number of rotatable bonds is 7. The predicted octanol–water partition coefficient (Wildman–Crippen LogP) is 0.642. The highest BCUT2D eigenvalue weighted by atomic mass is 79.9. The van der Waals surface area contributed by atoms with Crippen LogP contribution in [0.3, 0.4) is 0 Å². The van der Waals surface area contributed by atoms with Crippen molar-refractivity contribution in [3.63, 3.8) is 0 Å². The summed E-state index contributed by atoms with van der Waals surface area (Å²) in [5.74, 6) is 0.0837. The number of nitrogens with one attached hydrogen (secondary N) is 2. The minimum atomic E-state index is -3.64. The number of carbonyl (C=O) groups excluding carboxylic acids is 1. The molecule has 20 heavy (non-hydrogen) atoms. The van der Waals surface area contributed by atoms with E-state index in [2.05, 4.69) is 26.0 Å². The molecule has 0 spiro atoms. The minimum Gasteiger partial charge on any atom is -0.351 e. The Kier molecular flexibility index (Phi) is 5.19. The van der Waals surface area contributed by atoms with E-state index in [0.717, 1.165) is 28.0 Å². The summed E-state index contributed by atoms with van der Waals surface area (Å²) >= 11 is 4.30. The molecule has 0 radical (unpaired) electrons. The summed E-state index contributed by atoms with van der Waals surface area (Å²) in [6.07, 6.45) is 2.13. The van der Waals surface area contributed by atoms with E-state index < -0.39 is 10.0 Å². The lowest BCUT2D eigenvalue weighted by atomic mass is 10.2. The average molecular weight is 382 g/mol. The number of nitrogens with two attached hydrogens (primary N) is 1. The second kappa shape index (κ2) is 6.52. The van der Waals surface area contributed by atoms with E-state index in [1.54, 1.807) is 6.07 Å². The van der Waals surface area contributed by atoms with E-state index in [-0.39, 0.29) is 22.7 Å².